The van der Waals surface area contributed by atoms with Gasteiger partial charge in [-0.15, -0.1) is 11.3 Å². The van der Waals surface area contributed by atoms with Crippen LogP contribution in [0, 0.1) is 0 Å². The van der Waals surface area contributed by atoms with E-state index in [9.17, 15) is 9.59 Å². The Hall–Kier alpha value is -2.45. The van der Waals surface area contributed by atoms with E-state index in [0.717, 1.165) is 53.7 Å². The molecular formula is C21H25N3O3S2. The maximum atomic E-state index is 12.0. The second-order valence-corrected chi connectivity index (χ2v) is 8.33. The number of Topliss-reactive ketones (excluding diaryl/α,β-unsaturated/α-hetero) is 1. The number of carbonyl (C=O) groups is 2. The quantitative estimate of drug-likeness (QED) is 0.439. The first-order valence-electron chi connectivity index (χ1n) is 9.55. The Bertz CT molecular complexity index is 900. The number of methoxy groups -OCH3 is 1. The average molecular weight is 432 g/mol. The summed E-state index contributed by atoms with van der Waals surface area (Å²) in [4.78, 5) is 29.0. The van der Waals surface area contributed by atoms with Gasteiger partial charge in [-0.1, -0.05) is 6.92 Å². The van der Waals surface area contributed by atoms with Crippen molar-refractivity contribution in [2.24, 2.45) is 0 Å². The first kappa shape index (κ1) is 21.3. The van der Waals surface area contributed by atoms with Crippen LogP contribution < -0.4 is 10.2 Å². The molecule has 0 aliphatic carbocycles. The Morgan fingerprint density at radius 3 is 2.38 bits per heavy atom. The van der Waals surface area contributed by atoms with Gasteiger partial charge in [-0.3, -0.25) is 4.79 Å². The Morgan fingerprint density at radius 1 is 1.17 bits per heavy atom. The highest BCUT2D eigenvalue weighted by Gasteiger charge is 2.22. The molecule has 1 N–H and O–H groups in total. The van der Waals surface area contributed by atoms with Crippen molar-refractivity contribution in [1.82, 2.24) is 4.90 Å². The van der Waals surface area contributed by atoms with E-state index < -0.39 is 0 Å². The molecule has 0 radical (unpaired) electrons. The number of hydrogen-bond donors (Lipinski definition) is 1. The molecule has 0 amide bonds. The third-order valence-corrected chi connectivity index (χ3v) is 6.52. The summed E-state index contributed by atoms with van der Waals surface area (Å²) < 4.78 is 4.89. The fourth-order valence-electron chi connectivity index (χ4n) is 3.22. The maximum Gasteiger partial charge on any atom is 0.340 e. The molecule has 2 aromatic rings. The Balaban J connectivity index is 1.61. The van der Waals surface area contributed by atoms with Gasteiger partial charge in [-0.05, 0) is 55.9 Å². The zero-order valence-electron chi connectivity index (χ0n) is 16.9. The van der Waals surface area contributed by atoms with Gasteiger partial charge in [-0.25, -0.2) is 4.79 Å². The van der Waals surface area contributed by atoms with Crippen molar-refractivity contribution >= 4 is 51.1 Å². The minimum absolute atomic E-state index is 0.0731. The Morgan fingerprint density at radius 2 is 1.83 bits per heavy atom. The fraction of sp³-hybridized carbons (Fsp3) is 0.381. The third-order valence-electron chi connectivity index (χ3n) is 4.96. The van der Waals surface area contributed by atoms with Crippen LogP contribution in [0.5, 0.6) is 0 Å². The van der Waals surface area contributed by atoms with Crippen molar-refractivity contribution in [1.29, 1.82) is 0 Å². The molecule has 1 fully saturated rings. The van der Waals surface area contributed by atoms with Crippen molar-refractivity contribution in [3.05, 3.63) is 46.3 Å². The lowest BCUT2D eigenvalue weighted by Crippen LogP contribution is -2.50. The van der Waals surface area contributed by atoms with E-state index in [0.29, 0.717) is 10.7 Å². The van der Waals surface area contributed by atoms with Gasteiger partial charge in [0.15, 0.2) is 10.9 Å². The number of ketones is 1. The number of piperazine rings is 1. The van der Waals surface area contributed by atoms with Crippen molar-refractivity contribution in [2.75, 3.05) is 43.5 Å². The SMILES string of the molecule is CCc1cc(C(=O)OC)c(NC(=S)N2CCN(c3ccc(C(C)=O)cc3)CC2)s1. The molecule has 0 saturated carbocycles. The van der Waals surface area contributed by atoms with Crippen LogP contribution in [0.2, 0.25) is 0 Å². The standard InChI is InChI=1S/C21H25N3O3S2/c1-4-17-13-18(20(26)27-3)19(29-17)22-21(28)24-11-9-23(10-12-24)16-7-5-15(6-8-16)14(2)25/h5-8,13H,4,9-12H2,1-3H3,(H,22,28). The number of nitrogens with one attached hydrogen (secondary N) is 1. The summed E-state index contributed by atoms with van der Waals surface area (Å²) in [5.41, 5.74) is 2.36. The first-order valence-corrected chi connectivity index (χ1v) is 10.8. The van der Waals surface area contributed by atoms with Gasteiger partial charge in [0.05, 0.1) is 12.7 Å². The molecule has 0 unspecified atom stereocenters. The Labute approximate surface area is 180 Å². The number of nitrogens with zero attached hydrogens (tertiary/aromatic N) is 2. The van der Waals surface area contributed by atoms with E-state index in [4.69, 9.17) is 17.0 Å². The molecule has 1 aromatic carbocycles. The highest BCUT2D eigenvalue weighted by molar-refractivity contribution is 7.80. The zero-order chi connectivity index (χ0) is 21.0. The van der Waals surface area contributed by atoms with Crippen molar-refractivity contribution in [2.45, 2.75) is 20.3 Å². The molecule has 1 aliphatic rings. The smallest absolute Gasteiger partial charge is 0.340 e. The number of aryl methyl sites for hydroxylation is 1. The molecule has 0 atom stereocenters. The molecular weight excluding hydrogens is 406 g/mol. The van der Waals surface area contributed by atoms with Crippen LogP contribution in [0.1, 0.15) is 39.4 Å². The highest BCUT2D eigenvalue weighted by atomic mass is 32.1. The summed E-state index contributed by atoms with van der Waals surface area (Å²) in [7, 11) is 1.38. The normalized spacial score (nSPS) is 13.9. The summed E-state index contributed by atoms with van der Waals surface area (Å²) >= 11 is 7.13. The van der Waals surface area contributed by atoms with Gasteiger partial charge < -0.3 is 19.9 Å². The van der Waals surface area contributed by atoms with Gasteiger partial charge in [0.1, 0.15) is 5.00 Å². The molecule has 1 aromatic heterocycles. The highest BCUT2D eigenvalue weighted by Crippen LogP contribution is 2.29. The molecule has 0 spiro atoms. The van der Waals surface area contributed by atoms with Crippen LogP contribution in [-0.4, -0.2) is 55.1 Å². The van der Waals surface area contributed by atoms with Gasteiger partial charge >= 0.3 is 5.97 Å². The number of esters is 1. The number of ether oxygens (including phenoxy) is 1. The number of anilines is 2. The predicted molar refractivity (Wildman–Crippen MR) is 121 cm³/mol. The topological polar surface area (TPSA) is 61.9 Å². The van der Waals surface area contributed by atoms with Crippen molar-refractivity contribution in [3.8, 4) is 0 Å². The molecule has 29 heavy (non-hydrogen) atoms. The maximum absolute atomic E-state index is 12.0. The number of hydrogen-bond acceptors (Lipinski definition) is 6. The van der Waals surface area contributed by atoms with Crippen LogP contribution in [0.25, 0.3) is 0 Å². The molecule has 0 bridgehead atoms. The monoisotopic (exact) mass is 431 g/mol. The number of rotatable bonds is 5. The van der Waals surface area contributed by atoms with Gasteiger partial charge in [0.2, 0.25) is 0 Å². The lowest BCUT2D eigenvalue weighted by molar-refractivity contribution is 0.0602. The van der Waals surface area contributed by atoms with E-state index in [1.165, 1.54) is 18.4 Å². The van der Waals surface area contributed by atoms with E-state index in [1.807, 2.05) is 30.3 Å². The van der Waals surface area contributed by atoms with E-state index in [-0.39, 0.29) is 11.8 Å². The number of thiophene rings is 1. The number of benzene rings is 1. The van der Waals surface area contributed by atoms with Crippen molar-refractivity contribution in [3.63, 3.8) is 0 Å². The molecule has 8 heteroatoms. The zero-order valence-corrected chi connectivity index (χ0v) is 18.5. The van der Waals surface area contributed by atoms with E-state index in [2.05, 4.69) is 22.0 Å². The molecule has 6 nitrogen and oxygen atoms in total. The van der Waals surface area contributed by atoms with Crippen LogP contribution in [0.15, 0.2) is 30.3 Å². The van der Waals surface area contributed by atoms with Crippen LogP contribution in [0.3, 0.4) is 0 Å². The minimum atomic E-state index is -0.356. The molecule has 1 aliphatic heterocycles. The average Bonchev–Trinajstić information content (AvgIpc) is 3.16. The fourth-order valence-corrected chi connectivity index (χ4v) is 4.55. The van der Waals surface area contributed by atoms with Gasteiger partial charge in [-0.2, -0.15) is 0 Å². The molecule has 1 saturated heterocycles. The second kappa shape index (κ2) is 9.37. The number of thiocarbonyl (C=S) groups is 1. The lowest BCUT2D eigenvalue weighted by Gasteiger charge is -2.37. The Kier molecular flexibility index (Phi) is 6.87. The predicted octanol–water partition coefficient (Wildman–Crippen LogP) is 3.82. The summed E-state index contributed by atoms with van der Waals surface area (Å²) in [6.07, 6.45) is 0.851. The first-order chi connectivity index (χ1) is 13.9. The van der Waals surface area contributed by atoms with Gasteiger partial charge in [0, 0.05) is 42.3 Å². The molecule has 2 heterocycles. The second-order valence-electron chi connectivity index (χ2n) is 6.81. The lowest BCUT2D eigenvalue weighted by atomic mass is 10.1. The summed E-state index contributed by atoms with van der Waals surface area (Å²) in [6.45, 7) is 6.84. The van der Waals surface area contributed by atoms with E-state index >= 15 is 0 Å². The van der Waals surface area contributed by atoms with Crippen LogP contribution >= 0.6 is 23.6 Å². The summed E-state index contributed by atoms with van der Waals surface area (Å²) in [6, 6.07) is 9.58. The molecule has 3 rings (SSSR count). The summed E-state index contributed by atoms with van der Waals surface area (Å²) in [5, 5.41) is 4.60. The minimum Gasteiger partial charge on any atom is -0.465 e. The largest absolute Gasteiger partial charge is 0.465 e. The number of carbonyl (C=O) groups excluding carboxylic acids is 2. The third kappa shape index (κ3) is 4.94. The van der Waals surface area contributed by atoms with E-state index in [1.54, 1.807) is 6.92 Å². The van der Waals surface area contributed by atoms with Crippen molar-refractivity contribution < 1.29 is 14.3 Å². The summed E-state index contributed by atoms with van der Waals surface area (Å²) in [5.74, 6) is -0.283. The molecule has 154 valence electrons. The van der Waals surface area contributed by atoms with Crippen LogP contribution in [-0.2, 0) is 11.2 Å². The van der Waals surface area contributed by atoms with Crippen LogP contribution in [0.4, 0.5) is 10.7 Å². The van der Waals surface area contributed by atoms with Gasteiger partial charge in [0.25, 0.3) is 0 Å².